The maximum absolute atomic E-state index is 13.9. The van der Waals surface area contributed by atoms with E-state index in [1.54, 1.807) is 0 Å². The van der Waals surface area contributed by atoms with E-state index < -0.39 is 5.82 Å². The molecule has 2 aromatic heterocycles. The Balaban J connectivity index is 0.00000240. The van der Waals surface area contributed by atoms with Crippen LogP contribution in [0.4, 0.5) is 10.1 Å². The molecule has 8 heteroatoms. The average Bonchev–Trinajstić information content (AvgIpc) is 3.22. The Morgan fingerprint density at radius 1 is 1.21 bits per heavy atom. The molecule has 0 unspecified atom stereocenters. The van der Waals surface area contributed by atoms with Gasteiger partial charge in [-0.15, -0.1) is 23.7 Å². The lowest BCUT2D eigenvalue weighted by molar-refractivity contribution is -0.115. The summed E-state index contributed by atoms with van der Waals surface area (Å²) in [5, 5.41) is 4.77. The number of aryl methyl sites for hydroxylation is 2. The van der Waals surface area contributed by atoms with Crippen LogP contribution < -0.4 is 5.32 Å². The molecule has 0 saturated carbocycles. The van der Waals surface area contributed by atoms with E-state index in [-0.39, 0.29) is 35.4 Å². The number of rotatable bonds is 4. The van der Waals surface area contributed by atoms with Crippen molar-refractivity contribution in [3.05, 3.63) is 75.6 Å². The third-order valence-electron chi connectivity index (χ3n) is 4.63. The minimum absolute atomic E-state index is 0. The predicted octanol–water partition coefficient (Wildman–Crippen LogP) is 6.08. The Hall–Kier alpha value is -2.41. The number of carbonyl (C=O) groups excluding carboxylic acids is 1. The third kappa shape index (κ3) is 4.45. The number of nitrogens with zero attached hydrogens (tertiary/aromatic N) is 2. The summed E-state index contributed by atoms with van der Waals surface area (Å²) < 4.78 is 15.8. The highest BCUT2D eigenvalue weighted by Crippen LogP contribution is 2.26. The second kappa shape index (κ2) is 8.53. The van der Waals surface area contributed by atoms with E-state index in [0.29, 0.717) is 0 Å². The summed E-state index contributed by atoms with van der Waals surface area (Å²) in [6.07, 6.45) is 2.05. The average molecular weight is 450 g/mol. The highest BCUT2D eigenvalue weighted by Gasteiger charge is 2.14. The van der Waals surface area contributed by atoms with Crippen molar-refractivity contribution < 1.29 is 9.18 Å². The summed E-state index contributed by atoms with van der Waals surface area (Å²) >= 11 is 7.21. The maximum Gasteiger partial charge on any atom is 0.230 e. The third-order valence-corrected chi connectivity index (χ3v) is 5.76. The van der Waals surface area contributed by atoms with Crippen LogP contribution in [0.25, 0.3) is 16.2 Å². The van der Waals surface area contributed by atoms with E-state index in [4.69, 9.17) is 11.6 Å². The molecular formula is C21H18Cl2FN3OS. The van der Waals surface area contributed by atoms with Crippen LogP contribution in [-0.4, -0.2) is 15.3 Å². The zero-order valence-electron chi connectivity index (χ0n) is 15.7. The van der Waals surface area contributed by atoms with Crippen LogP contribution in [0, 0.1) is 19.7 Å². The van der Waals surface area contributed by atoms with Gasteiger partial charge in [-0.2, -0.15) is 0 Å². The number of imidazole rings is 1. The van der Waals surface area contributed by atoms with E-state index in [1.807, 2.05) is 22.0 Å². The number of carbonyl (C=O) groups is 1. The Kier molecular flexibility index (Phi) is 6.27. The first kappa shape index (κ1) is 21.3. The second-order valence-corrected chi connectivity index (χ2v) is 7.93. The molecule has 0 aliphatic heterocycles. The topological polar surface area (TPSA) is 46.4 Å². The number of benzene rings is 2. The zero-order valence-corrected chi connectivity index (χ0v) is 18.1. The van der Waals surface area contributed by atoms with Gasteiger partial charge in [0.05, 0.1) is 17.8 Å². The highest BCUT2D eigenvalue weighted by atomic mass is 35.5. The molecule has 0 saturated heterocycles. The number of hydrogen-bond donors (Lipinski definition) is 1. The molecule has 1 amide bonds. The van der Waals surface area contributed by atoms with Gasteiger partial charge in [-0.05, 0) is 49.2 Å². The largest absolute Gasteiger partial charge is 0.323 e. The van der Waals surface area contributed by atoms with Gasteiger partial charge < -0.3 is 5.32 Å². The number of amides is 1. The number of anilines is 1. The predicted molar refractivity (Wildman–Crippen MR) is 119 cm³/mol. The van der Waals surface area contributed by atoms with Gasteiger partial charge in [-0.25, -0.2) is 9.37 Å². The summed E-state index contributed by atoms with van der Waals surface area (Å²) in [7, 11) is 0. The molecule has 2 heterocycles. The Labute approximate surface area is 182 Å². The molecule has 0 aliphatic carbocycles. The van der Waals surface area contributed by atoms with Crippen molar-refractivity contribution in [2.24, 2.45) is 0 Å². The molecule has 1 N–H and O–H groups in total. The van der Waals surface area contributed by atoms with Gasteiger partial charge in [0.15, 0.2) is 4.96 Å². The summed E-state index contributed by atoms with van der Waals surface area (Å²) in [6.45, 7) is 4.15. The van der Waals surface area contributed by atoms with Crippen LogP contribution in [-0.2, 0) is 11.2 Å². The zero-order chi connectivity index (χ0) is 19.8. The van der Waals surface area contributed by atoms with Gasteiger partial charge >= 0.3 is 0 Å². The fourth-order valence-corrected chi connectivity index (χ4v) is 3.98. The van der Waals surface area contributed by atoms with Crippen molar-refractivity contribution in [1.29, 1.82) is 0 Å². The Morgan fingerprint density at radius 2 is 2.00 bits per heavy atom. The smallest absolute Gasteiger partial charge is 0.230 e. The fourth-order valence-electron chi connectivity index (χ4n) is 2.95. The van der Waals surface area contributed by atoms with Gasteiger partial charge in [0, 0.05) is 27.9 Å². The lowest BCUT2D eigenvalue weighted by Crippen LogP contribution is -2.16. The number of hydrogen-bond acceptors (Lipinski definition) is 3. The van der Waals surface area contributed by atoms with Crippen LogP contribution in [0.1, 0.15) is 16.8 Å². The van der Waals surface area contributed by atoms with Crippen molar-refractivity contribution in [3.8, 4) is 11.3 Å². The fraction of sp³-hybridized carbons (Fsp3) is 0.143. The molecule has 150 valence electrons. The number of nitrogens with one attached hydrogen (secondary N) is 1. The molecule has 0 radical (unpaired) electrons. The van der Waals surface area contributed by atoms with Gasteiger partial charge in [0.1, 0.15) is 5.82 Å². The van der Waals surface area contributed by atoms with Crippen molar-refractivity contribution in [1.82, 2.24) is 9.38 Å². The van der Waals surface area contributed by atoms with E-state index in [1.165, 1.54) is 40.7 Å². The van der Waals surface area contributed by atoms with Gasteiger partial charge in [-0.3, -0.25) is 9.20 Å². The summed E-state index contributed by atoms with van der Waals surface area (Å²) in [5.41, 5.74) is 5.25. The first-order valence-electron chi connectivity index (χ1n) is 8.69. The Morgan fingerprint density at radius 3 is 2.72 bits per heavy atom. The molecule has 0 atom stereocenters. The van der Waals surface area contributed by atoms with E-state index >= 15 is 0 Å². The molecule has 2 aromatic carbocycles. The minimum atomic E-state index is -0.559. The van der Waals surface area contributed by atoms with Crippen LogP contribution in [0.15, 0.2) is 48.0 Å². The molecule has 0 aliphatic rings. The Bertz CT molecular complexity index is 1200. The first-order valence-corrected chi connectivity index (χ1v) is 9.94. The summed E-state index contributed by atoms with van der Waals surface area (Å²) in [5.74, 6) is -0.863. The lowest BCUT2D eigenvalue weighted by Gasteiger charge is -2.06. The summed E-state index contributed by atoms with van der Waals surface area (Å²) in [6, 6.07) is 10.4. The van der Waals surface area contributed by atoms with Crippen LogP contribution in [0.5, 0.6) is 0 Å². The molecule has 29 heavy (non-hydrogen) atoms. The second-order valence-electron chi connectivity index (χ2n) is 6.65. The summed E-state index contributed by atoms with van der Waals surface area (Å²) in [4.78, 5) is 17.9. The molecular weight excluding hydrogens is 432 g/mol. The van der Waals surface area contributed by atoms with Gasteiger partial charge in [0.25, 0.3) is 0 Å². The minimum Gasteiger partial charge on any atom is -0.323 e. The van der Waals surface area contributed by atoms with Crippen LogP contribution in [0.3, 0.4) is 0 Å². The number of fused-ring (bicyclic) bond motifs is 1. The monoisotopic (exact) mass is 449 g/mol. The van der Waals surface area contributed by atoms with Crippen molar-refractivity contribution in [2.45, 2.75) is 20.3 Å². The van der Waals surface area contributed by atoms with Crippen molar-refractivity contribution in [3.63, 3.8) is 0 Å². The molecule has 0 fully saturated rings. The maximum atomic E-state index is 13.9. The lowest BCUT2D eigenvalue weighted by atomic mass is 10.0. The van der Waals surface area contributed by atoms with Crippen molar-refractivity contribution in [2.75, 3.05) is 5.32 Å². The van der Waals surface area contributed by atoms with E-state index in [0.717, 1.165) is 21.9 Å². The van der Waals surface area contributed by atoms with Gasteiger partial charge in [0.2, 0.25) is 5.91 Å². The molecule has 0 bridgehead atoms. The normalized spacial score (nSPS) is 10.8. The highest BCUT2D eigenvalue weighted by molar-refractivity contribution is 7.15. The van der Waals surface area contributed by atoms with E-state index in [2.05, 4.69) is 36.3 Å². The van der Waals surface area contributed by atoms with Crippen molar-refractivity contribution >= 4 is 51.9 Å². The number of halogens is 3. The van der Waals surface area contributed by atoms with Gasteiger partial charge in [-0.1, -0.05) is 23.7 Å². The number of thiazole rings is 1. The van der Waals surface area contributed by atoms with Crippen LogP contribution >= 0.6 is 35.3 Å². The molecule has 4 aromatic rings. The van der Waals surface area contributed by atoms with Crippen LogP contribution in [0.2, 0.25) is 5.02 Å². The molecule has 4 rings (SSSR count). The first-order chi connectivity index (χ1) is 13.4. The van der Waals surface area contributed by atoms with E-state index in [9.17, 15) is 9.18 Å². The quantitative estimate of drug-likeness (QED) is 0.410. The molecule has 0 spiro atoms. The standard InChI is InChI=1S/C21H17ClFN3OS.ClH/c1-12-3-4-14(7-13(12)2)19-10-26-16(11-28-21(26)25-19)9-20(27)24-18-6-5-15(22)8-17(18)23;/h3-8,10-11H,9H2,1-2H3,(H,24,27);1H. The SMILES string of the molecule is Cc1ccc(-c2cn3c(CC(=O)Nc4ccc(Cl)cc4F)csc3n2)cc1C.Cl. The molecule has 4 nitrogen and oxygen atoms in total. The number of aromatic nitrogens is 2.